The van der Waals surface area contributed by atoms with Crippen LogP contribution in [-0.4, -0.2) is 4.57 Å². The molecule has 0 aliphatic heterocycles. The lowest BCUT2D eigenvalue weighted by molar-refractivity contribution is 0.495. The number of nitrogens with zero attached hydrogens (tertiary/aromatic N) is 1. The number of halogens is 2. The Balaban J connectivity index is 2.29. The van der Waals surface area contributed by atoms with Crippen molar-refractivity contribution in [2.45, 2.75) is 6.54 Å². The first-order valence-corrected chi connectivity index (χ1v) is 4.31. The van der Waals surface area contributed by atoms with E-state index < -0.39 is 11.6 Å². The third-order valence-corrected chi connectivity index (χ3v) is 2.05. The van der Waals surface area contributed by atoms with E-state index in [9.17, 15) is 8.78 Å². The van der Waals surface area contributed by atoms with Crippen LogP contribution < -0.4 is 0 Å². The second-order valence-electron chi connectivity index (χ2n) is 3.07. The van der Waals surface area contributed by atoms with Crippen LogP contribution >= 0.6 is 0 Å². The number of rotatable bonds is 2. The third-order valence-electron chi connectivity index (χ3n) is 2.05. The topological polar surface area (TPSA) is 4.93 Å². The van der Waals surface area contributed by atoms with Gasteiger partial charge >= 0.3 is 0 Å². The smallest absolute Gasteiger partial charge is 0.163 e. The molecule has 3 heteroatoms. The van der Waals surface area contributed by atoms with Crippen LogP contribution in [0, 0.1) is 11.6 Å². The van der Waals surface area contributed by atoms with E-state index in [-0.39, 0.29) is 0 Å². The van der Waals surface area contributed by atoms with Gasteiger partial charge in [0.25, 0.3) is 0 Å². The van der Waals surface area contributed by atoms with Crippen molar-refractivity contribution < 1.29 is 8.78 Å². The molecule has 1 nitrogen and oxygen atoms in total. The van der Waals surface area contributed by atoms with Crippen LogP contribution in [0.4, 0.5) is 8.78 Å². The first-order chi connectivity index (χ1) is 6.77. The Bertz CT molecular complexity index is 421. The molecule has 2 rings (SSSR count). The predicted molar refractivity (Wildman–Crippen MR) is 49.9 cm³/mol. The zero-order valence-corrected chi connectivity index (χ0v) is 7.45. The Kier molecular flexibility index (Phi) is 2.31. The summed E-state index contributed by atoms with van der Waals surface area (Å²) in [5.74, 6) is -1.56. The molecule has 0 saturated carbocycles. The summed E-state index contributed by atoms with van der Waals surface area (Å²) in [6.45, 7) is 0.358. The molecular weight excluding hydrogens is 184 g/mol. The van der Waals surface area contributed by atoms with E-state index >= 15 is 0 Å². The zero-order valence-electron chi connectivity index (χ0n) is 7.45. The van der Waals surface area contributed by atoms with Gasteiger partial charge in [0, 0.05) is 24.5 Å². The lowest BCUT2D eigenvalue weighted by Crippen LogP contribution is -2.00. The van der Waals surface area contributed by atoms with Crippen molar-refractivity contribution in [1.29, 1.82) is 0 Å². The molecule has 2 aromatic rings. The predicted octanol–water partition coefficient (Wildman–Crippen LogP) is 2.81. The van der Waals surface area contributed by atoms with Crippen LogP contribution in [-0.2, 0) is 6.54 Å². The quantitative estimate of drug-likeness (QED) is 0.691. The largest absolute Gasteiger partial charge is 0.350 e. The van der Waals surface area contributed by atoms with E-state index in [0.29, 0.717) is 12.1 Å². The number of aromatic nitrogens is 1. The van der Waals surface area contributed by atoms with Gasteiger partial charge in [0.05, 0.1) is 0 Å². The van der Waals surface area contributed by atoms with Gasteiger partial charge in [-0.2, -0.15) is 0 Å². The van der Waals surface area contributed by atoms with E-state index in [2.05, 4.69) is 0 Å². The van der Waals surface area contributed by atoms with Crippen LogP contribution in [0.3, 0.4) is 0 Å². The molecule has 0 spiro atoms. The van der Waals surface area contributed by atoms with E-state index in [1.165, 1.54) is 6.07 Å². The summed E-state index contributed by atoms with van der Waals surface area (Å²) in [7, 11) is 0. The second kappa shape index (κ2) is 3.62. The summed E-state index contributed by atoms with van der Waals surface area (Å²) >= 11 is 0. The first-order valence-electron chi connectivity index (χ1n) is 4.31. The van der Waals surface area contributed by atoms with E-state index in [1.54, 1.807) is 10.6 Å². The Morgan fingerprint density at radius 2 is 1.71 bits per heavy atom. The summed E-state index contributed by atoms with van der Waals surface area (Å²) in [4.78, 5) is 0. The maximum Gasteiger partial charge on any atom is 0.163 e. The first kappa shape index (κ1) is 8.94. The Labute approximate surface area is 80.6 Å². The van der Waals surface area contributed by atoms with Crippen molar-refractivity contribution in [3.8, 4) is 0 Å². The van der Waals surface area contributed by atoms with Crippen molar-refractivity contribution in [3.63, 3.8) is 0 Å². The van der Waals surface area contributed by atoms with Crippen molar-refractivity contribution in [3.05, 3.63) is 59.9 Å². The number of hydrogen-bond donors (Lipinski definition) is 0. The molecule has 1 aromatic carbocycles. The summed E-state index contributed by atoms with van der Waals surface area (Å²) in [5, 5.41) is 0. The van der Waals surface area contributed by atoms with Gasteiger partial charge in [-0.1, -0.05) is 12.1 Å². The zero-order chi connectivity index (χ0) is 9.97. The molecule has 14 heavy (non-hydrogen) atoms. The monoisotopic (exact) mass is 193 g/mol. The van der Waals surface area contributed by atoms with E-state index in [1.807, 2.05) is 24.5 Å². The Morgan fingerprint density at radius 1 is 1.00 bits per heavy atom. The molecule has 0 aliphatic rings. The minimum Gasteiger partial charge on any atom is -0.350 e. The molecule has 1 heterocycles. The van der Waals surface area contributed by atoms with Gasteiger partial charge in [-0.15, -0.1) is 0 Å². The number of hydrogen-bond acceptors (Lipinski definition) is 0. The fraction of sp³-hybridized carbons (Fsp3) is 0.0909. The van der Waals surface area contributed by atoms with E-state index in [4.69, 9.17) is 0 Å². The van der Waals surface area contributed by atoms with Crippen LogP contribution in [0.5, 0.6) is 0 Å². The SMILES string of the molecule is Fc1cccc(Cn2cccc2)c1F. The molecule has 0 unspecified atom stereocenters. The highest BCUT2D eigenvalue weighted by Crippen LogP contribution is 2.12. The summed E-state index contributed by atoms with van der Waals surface area (Å²) in [6, 6.07) is 7.90. The molecule has 0 radical (unpaired) electrons. The van der Waals surface area contributed by atoms with Crippen molar-refractivity contribution in [2.24, 2.45) is 0 Å². The highest BCUT2D eigenvalue weighted by atomic mass is 19.2. The average Bonchev–Trinajstić information content (AvgIpc) is 2.66. The summed E-state index contributed by atoms with van der Waals surface area (Å²) < 4.78 is 27.8. The third kappa shape index (κ3) is 1.66. The fourth-order valence-corrected chi connectivity index (χ4v) is 1.34. The Hall–Kier alpha value is -1.64. The molecule has 0 fully saturated rings. The average molecular weight is 193 g/mol. The normalized spacial score (nSPS) is 10.4. The molecule has 0 saturated heterocycles. The van der Waals surface area contributed by atoms with Gasteiger partial charge in [0.15, 0.2) is 11.6 Å². The van der Waals surface area contributed by atoms with Crippen molar-refractivity contribution in [1.82, 2.24) is 4.57 Å². The molecule has 1 aromatic heterocycles. The maximum atomic E-state index is 13.2. The van der Waals surface area contributed by atoms with Crippen LogP contribution in [0.15, 0.2) is 42.7 Å². The molecule has 0 atom stereocenters. The molecule has 0 N–H and O–H groups in total. The Morgan fingerprint density at radius 3 is 2.43 bits per heavy atom. The van der Waals surface area contributed by atoms with Crippen molar-refractivity contribution >= 4 is 0 Å². The number of benzene rings is 1. The van der Waals surface area contributed by atoms with Crippen LogP contribution in [0.2, 0.25) is 0 Å². The molecule has 0 bridgehead atoms. The van der Waals surface area contributed by atoms with Gasteiger partial charge in [0.1, 0.15) is 0 Å². The fourth-order valence-electron chi connectivity index (χ4n) is 1.34. The van der Waals surface area contributed by atoms with Crippen molar-refractivity contribution in [2.75, 3.05) is 0 Å². The summed E-state index contributed by atoms with van der Waals surface area (Å²) in [6.07, 6.45) is 3.62. The molecular formula is C11H9F2N. The minimum atomic E-state index is -0.797. The maximum absolute atomic E-state index is 13.2. The highest BCUT2D eigenvalue weighted by molar-refractivity contribution is 5.19. The summed E-state index contributed by atoms with van der Waals surface area (Å²) in [5.41, 5.74) is 0.362. The minimum absolute atomic E-state index is 0.358. The standard InChI is InChI=1S/C11H9F2N/c12-10-5-3-4-9(11(10)13)8-14-6-1-2-7-14/h1-7H,8H2. The lowest BCUT2D eigenvalue weighted by atomic mass is 10.2. The highest BCUT2D eigenvalue weighted by Gasteiger charge is 2.06. The van der Waals surface area contributed by atoms with Gasteiger partial charge in [-0.25, -0.2) is 8.78 Å². The van der Waals surface area contributed by atoms with Gasteiger partial charge in [-0.3, -0.25) is 0 Å². The molecule has 72 valence electrons. The lowest BCUT2D eigenvalue weighted by Gasteiger charge is -2.04. The van der Waals surface area contributed by atoms with Crippen LogP contribution in [0.1, 0.15) is 5.56 Å². The molecule has 0 aliphatic carbocycles. The van der Waals surface area contributed by atoms with E-state index in [0.717, 1.165) is 6.07 Å². The van der Waals surface area contributed by atoms with Crippen LogP contribution in [0.25, 0.3) is 0 Å². The van der Waals surface area contributed by atoms with Gasteiger partial charge in [0.2, 0.25) is 0 Å². The van der Waals surface area contributed by atoms with Gasteiger partial charge in [-0.05, 0) is 18.2 Å². The van der Waals surface area contributed by atoms with Gasteiger partial charge < -0.3 is 4.57 Å². The molecule has 0 amide bonds. The second-order valence-corrected chi connectivity index (χ2v) is 3.07.